The van der Waals surface area contributed by atoms with Gasteiger partial charge in [-0.25, -0.2) is 0 Å². The predicted octanol–water partition coefficient (Wildman–Crippen LogP) is 4.12. The van der Waals surface area contributed by atoms with Crippen molar-refractivity contribution >= 4 is 29.5 Å². The number of carbonyl (C=O) groups is 3. The lowest BCUT2D eigenvalue weighted by Gasteiger charge is -2.29. The van der Waals surface area contributed by atoms with Crippen molar-refractivity contribution in [1.29, 1.82) is 0 Å². The van der Waals surface area contributed by atoms with Crippen LogP contribution in [0.2, 0.25) is 0 Å². The molecule has 2 amide bonds. The average molecular weight is 522 g/mol. The fraction of sp³-hybridized carbons (Fsp3) is 0.769. The molecular weight excluding hydrogens is 482 g/mol. The van der Waals surface area contributed by atoms with E-state index in [4.69, 9.17) is 14.4 Å². The molecule has 0 radical (unpaired) electrons. The maximum atomic E-state index is 13.4. The van der Waals surface area contributed by atoms with Crippen LogP contribution in [0.1, 0.15) is 83.2 Å². The maximum absolute atomic E-state index is 13.4. The van der Waals surface area contributed by atoms with Gasteiger partial charge in [-0.2, -0.15) is 0 Å². The molecule has 3 aliphatic carbocycles. The summed E-state index contributed by atoms with van der Waals surface area (Å²) in [4.78, 5) is 37.2. The zero-order valence-electron chi connectivity index (χ0n) is 21.7. The number of hydrogen-bond donors (Lipinski definition) is 3. The molecule has 5 atom stereocenters. The van der Waals surface area contributed by atoms with Crippen LogP contribution in [0.25, 0.3) is 0 Å². The number of nitrogens with zero attached hydrogens (tertiary/aromatic N) is 1. The largest absolute Gasteiger partial charge is 0.481 e. The van der Waals surface area contributed by atoms with E-state index in [2.05, 4.69) is 15.8 Å². The van der Waals surface area contributed by atoms with Gasteiger partial charge in [-0.3, -0.25) is 14.4 Å². The molecule has 0 spiro atoms. The molecule has 200 valence electrons. The molecule has 0 aromatic carbocycles. The zero-order chi connectivity index (χ0) is 26.0. The van der Waals surface area contributed by atoms with Crippen LogP contribution in [0.3, 0.4) is 0 Å². The Morgan fingerprint density at radius 2 is 1.94 bits per heavy atom. The molecule has 0 aliphatic heterocycles. The Hall–Kier alpha value is -2.23. The number of nitrogens with one attached hydrogen (secondary N) is 2. The number of hydrogen-bond acceptors (Lipinski definition) is 7. The monoisotopic (exact) mass is 521 g/mol. The Balaban J connectivity index is 1.43. The summed E-state index contributed by atoms with van der Waals surface area (Å²) in [5.41, 5.74) is -0.932. The van der Waals surface area contributed by atoms with E-state index in [9.17, 15) is 14.4 Å². The molecule has 3 N–H and O–H groups in total. The number of aliphatic carboxylic acids is 1. The average Bonchev–Trinajstić information content (AvgIpc) is 3.24. The topological polar surface area (TPSA) is 131 Å². The number of carboxylic acids is 1. The third-order valence-corrected chi connectivity index (χ3v) is 8.96. The number of carbonyl (C=O) groups excluding carboxylic acids is 2. The molecule has 1 aromatic heterocycles. The number of thioether (sulfide) groups is 1. The predicted molar refractivity (Wildman–Crippen MR) is 135 cm³/mol. The molecule has 3 saturated carbocycles. The van der Waals surface area contributed by atoms with Crippen molar-refractivity contribution in [3.8, 4) is 5.88 Å². The summed E-state index contributed by atoms with van der Waals surface area (Å²) in [6.07, 6.45) is 7.35. The van der Waals surface area contributed by atoms with Gasteiger partial charge in [0.2, 0.25) is 11.7 Å². The highest BCUT2D eigenvalue weighted by Crippen LogP contribution is 2.53. The highest BCUT2D eigenvalue weighted by molar-refractivity contribution is 8.00. The molecule has 3 fully saturated rings. The Bertz CT molecular complexity index is 977. The van der Waals surface area contributed by atoms with Crippen molar-refractivity contribution in [2.24, 2.45) is 29.1 Å². The van der Waals surface area contributed by atoms with Crippen LogP contribution in [0.4, 0.5) is 0 Å². The van der Waals surface area contributed by atoms with Crippen LogP contribution in [0, 0.1) is 29.1 Å². The number of rotatable bonds is 11. The lowest BCUT2D eigenvalue weighted by atomic mass is 9.79. The first-order valence-electron chi connectivity index (χ1n) is 13.1. The second-order valence-corrected chi connectivity index (χ2v) is 13.2. The molecular formula is C26H39N3O6S. The first-order valence-corrected chi connectivity index (χ1v) is 14.0. The maximum Gasteiger partial charge on any atom is 0.305 e. The van der Waals surface area contributed by atoms with Crippen molar-refractivity contribution in [2.75, 3.05) is 13.2 Å². The molecule has 1 aromatic rings. The lowest BCUT2D eigenvalue weighted by Crippen LogP contribution is -2.42. The fourth-order valence-corrected chi connectivity index (χ4v) is 7.14. The van der Waals surface area contributed by atoms with E-state index in [1.54, 1.807) is 13.8 Å². The minimum atomic E-state index is -0.975. The summed E-state index contributed by atoms with van der Waals surface area (Å²) in [5, 5.41) is 18.9. The van der Waals surface area contributed by atoms with E-state index < -0.39 is 11.4 Å². The smallest absolute Gasteiger partial charge is 0.305 e. The lowest BCUT2D eigenvalue weighted by molar-refractivity contribution is -0.137. The molecule has 5 unspecified atom stereocenters. The van der Waals surface area contributed by atoms with Crippen LogP contribution in [0.15, 0.2) is 9.42 Å². The SMILES string of the molecule is CC(C)Sc1c(OCC(C)(C)C(=O)NCCC(=O)O)noc1C(=O)NC1C2CC3CCCC1C(C3)C2. The molecule has 9 nitrogen and oxygen atoms in total. The van der Waals surface area contributed by atoms with Crippen LogP contribution >= 0.6 is 11.8 Å². The summed E-state index contributed by atoms with van der Waals surface area (Å²) in [6.45, 7) is 7.51. The summed E-state index contributed by atoms with van der Waals surface area (Å²) >= 11 is 1.45. The Morgan fingerprint density at radius 3 is 2.67 bits per heavy atom. The summed E-state index contributed by atoms with van der Waals surface area (Å²) in [7, 11) is 0. The van der Waals surface area contributed by atoms with Gasteiger partial charge in [0.05, 0.1) is 11.8 Å². The number of amides is 2. The highest BCUT2D eigenvalue weighted by Gasteiger charge is 2.49. The Morgan fingerprint density at radius 1 is 1.19 bits per heavy atom. The van der Waals surface area contributed by atoms with E-state index in [-0.39, 0.29) is 54.3 Å². The van der Waals surface area contributed by atoms with Gasteiger partial charge in [-0.1, -0.05) is 26.7 Å². The molecule has 3 bridgehead atoms. The Labute approximate surface area is 216 Å². The third kappa shape index (κ3) is 6.01. The van der Waals surface area contributed by atoms with Crippen LogP contribution < -0.4 is 15.4 Å². The molecule has 3 aliphatic rings. The number of ether oxygens (including phenoxy) is 1. The van der Waals surface area contributed by atoms with Gasteiger partial charge in [0.15, 0.2) is 0 Å². The molecule has 4 rings (SSSR count). The summed E-state index contributed by atoms with van der Waals surface area (Å²) in [5.74, 6) is 1.46. The standard InChI is InChI=1S/C26H39N3O6S/c1-14(2)36-22-21(23(32)28-20-17-11-15-6-5-7-18(20)16(10-15)12-17)35-29-24(22)34-13-26(3,4)25(33)27-9-8-19(30)31/h14-18,20H,5-13H2,1-4H3,(H,27,33)(H,28,32)(H,30,31). The van der Waals surface area contributed by atoms with Gasteiger partial charge in [0.1, 0.15) is 11.5 Å². The number of fused-ring (bicyclic) bond motifs is 2. The van der Waals surface area contributed by atoms with Crippen LogP contribution in [-0.4, -0.2) is 52.5 Å². The van der Waals surface area contributed by atoms with E-state index in [0.29, 0.717) is 16.7 Å². The van der Waals surface area contributed by atoms with Crippen molar-refractivity contribution in [2.45, 2.75) is 88.8 Å². The summed E-state index contributed by atoms with van der Waals surface area (Å²) in [6, 6.07) is 0.188. The van der Waals surface area contributed by atoms with Gasteiger partial charge in [-0.15, -0.1) is 11.8 Å². The van der Waals surface area contributed by atoms with Crippen molar-refractivity contribution < 1.29 is 28.8 Å². The van der Waals surface area contributed by atoms with E-state index in [1.165, 1.54) is 50.3 Å². The number of carboxylic acid groups (broad SMARTS) is 1. The molecule has 0 saturated heterocycles. The zero-order valence-corrected chi connectivity index (χ0v) is 22.5. The van der Waals surface area contributed by atoms with Gasteiger partial charge in [0, 0.05) is 17.8 Å². The molecule has 1 heterocycles. The first-order chi connectivity index (χ1) is 17.0. The van der Waals surface area contributed by atoms with Crippen molar-refractivity contribution in [1.82, 2.24) is 15.8 Å². The highest BCUT2D eigenvalue weighted by atomic mass is 32.2. The van der Waals surface area contributed by atoms with Gasteiger partial charge >= 0.3 is 5.97 Å². The third-order valence-electron chi connectivity index (χ3n) is 7.89. The summed E-state index contributed by atoms with van der Waals surface area (Å²) < 4.78 is 11.4. The Kier molecular flexibility index (Phi) is 8.22. The number of aromatic nitrogens is 1. The van der Waals surface area contributed by atoms with Crippen molar-refractivity contribution in [3.63, 3.8) is 0 Å². The van der Waals surface area contributed by atoms with E-state index >= 15 is 0 Å². The minimum absolute atomic E-state index is 0.000986. The second kappa shape index (κ2) is 11.0. The van der Waals surface area contributed by atoms with E-state index in [0.717, 1.165) is 11.8 Å². The fourth-order valence-electron chi connectivity index (χ4n) is 6.23. The van der Waals surface area contributed by atoms with Gasteiger partial charge in [-0.05, 0) is 68.4 Å². The normalized spacial score (nSPS) is 27.1. The first kappa shape index (κ1) is 26.8. The minimum Gasteiger partial charge on any atom is -0.481 e. The van der Waals surface area contributed by atoms with Gasteiger partial charge < -0.3 is 25.0 Å². The molecule has 10 heteroatoms. The quantitative estimate of drug-likeness (QED) is 0.371. The van der Waals surface area contributed by atoms with Crippen molar-refractivity contribution in [3.05, 3.63) is 5.76 Å². The van der Waals surface area contributed by atoms with Gasteiger partial charge in [0.25, 0.3) is 11.8 Å². The molecule has 36 heavy (non-hydrogen) atoms. The van der Waals surface area contributed by atoms with Crippen LogP contribution in [0.5, 0.6) is 5.88 Å². The van der Waals surface area contributed by atoms with E-state index in [1.807, 2.05) is 13.8 Å². The van der Waals surface area contributed by atoms with Crippen LogP contribution in [-0.2, 0) is 9.59 Å². The second-order valence-electron chi connectivity index (χ2n) is 11.6.